The van der Waals surface area contributed by atoms with Gasteiger partial charge in [-0.3, -0.25) is 5.10 Å². The molecule has 0 unspecified atom stereocenters. The van der Waals surface area contributed by atoms with Gasteiger partial charge < -0.3 is 18.0 Å². The van der Waals surface area contributed by atoms with Gasteiger partial charge in [0.05, 0.1) is 53.3 Å². The van der Waals surface area contributed by atoms with Crippen LogP contribution in [0.3, 0.4) is 0 Å². The number of nitrogens with one attached hydrogen (secondary N) is 1. The van der Waals surface area contributed by atoms with E-state index in [0.29, 0.717) is 5.89 Å². The fraction of sp³-hybridized carbons (Fsp3) is 0.673. The van der Waals surface area contributed by atoms with Crippen LogP contribution in [0.1, 0.15) is 192 Å². The molecule has 0 spiro atoms. The van der Waals surface area contributed by atoms with Crippen LogP contribution in [0.2, 0.25) is 0 Å². The highest BCUT2D eigenvalue weighted by atomic mass is 32.1. The molecule has 0 aliphatic rings. The van der Waals surface area contributed by atoms with Gasteiger partial charge in [0.25, 0.3) is 5.89 Å². The fourth-order valence-corrected chi connectivity index (χ4v) is 1.94. The van der Waals surface area contributed by atoms with E-state index in [9.17, 15) is 0 Å². The van der Waals surface area contributed by atoms with Crippen molar-refractivity contribution in [3.05, 3.63) is 105 Å². The van der Waals surface area contributed by atoms with Gasteiger partial charge in [0.1, 0.15) is 24.3 Å². The lowest BCUT2D eigenvalue weighted by Crippen LogP contribution is -1.85. The van der Waals surface area contributed by atoms with E-state index in [1.807, 2.05) is 19.9 Å². The maximum atomic E-state index is 4.62. The molecule has 0 saturated heterocycles. The van der Waals surface area contributed by atoms with E-state index >= 15 is 0 Å². The molecular formula is C52H104N20O6S2. The number of oxazole rings is 1. The van der Waals surface area contributed by atoms with Gasteiger partial charge in [0.15, 0.2) is 19.0 Å². The van der Waals surface area contributed by atoms with Gasteiger partial charge in [-0.2, -0.15) is 9.47 Å². The average Bonchev–Trinajstić information content (AvgIpc) is 4.22. The summed E-state index contributed by atoms with van der Waals surface area (Å²) < 4.78 is 36.1. The number of aromatic nitrogens is 20. The van der Waals surface area contributed by atoms with Gasteiger partial charge in [-0.25, -0.2) is 14.2 Å². The highest BCUT2D eigenvalue weighted by molar-refractivity contribution is 7.02. The van der Waals surface area contributed by atoms with Crippen molar-refractivity contribution >= 4 is 23.3 Å². The molecule has 26 nitrogen and oxygen atoms in total. The van der Waals surface area contributed by atoms with E-state index in [-0.39, 0.29) is 5.92 Å². The number of rotatable bonds is 1. The first kappa shape index (κ1) is 89.6. The molecule has 9 aromatic heterocycles. The summed E-state index contributed by atoms with van der Waals surface area (Å²) in [6.45, 7) is 55.9. The van der Waals surface area contributed by atoms with Crippen molar-refractivity contribution < 1.29 is 27.2 Å². The summed E-state index contributed by atoms with van der Waals surface area (Å²) in [4.78, 5) is 3.56. The summed E-state index contributed by atoms with van der Waals surface area (Å²) in [7, 11) is 0. The lowest BCUT2D eigenvalue weighted by atomic mass is 10.2. The summed E-state index contributed by atoms with van der Waals surface area (Å²) >= 11 is 2.34. The average molecular weight is 1170 g/mol. The van der Waals surface area contributed by atoms with Crippen molar-refractivity contribution in [3.63, 3.8) is 0 Å². The fourth-order valence-electron chi connectivity index (χ4n) is 1.52. The van der Waals surface area contributed by atoms with Gasteiger partial charge in [-0.05, 0) is 75.1 Å². The molecule has 80 heavy (non-hydrogen) atoms. The van der Waals surface area contributed by atoms with Gasteiger partial charge in [-0.15, -0.1) is 15.3 Å². The lowest BCUT2D eigenvalue weighted by molar-refractivity contribution is 0.292. The number of H-pyrrole nitrogens is 1. The molecule has 9 rings (SSSR count). The Balaban J connectivity index is -0.000000115. The molecule has 1 N–H and O–H groups in total. The van der Waals surface area contributed by atoms with Crippen LogP contribution >= 0.6 is 23.3 Å². The Morgan fingerprint density at radius 2 is 0.988 bits per heavy atom. The highest BCUT2D eigenvalue weighted by Crippen LogP contribution is 2.06. The van der Waals surface area contributed by atoms with Gasteiger partial charge in [-0.1, -0.05) is 215 Å². The van der Waals surface area contributed by atoms with Crippen LogP contribution in [0.25, 0.3) is 0 Å². The van der Waals surface area contributed by atoms with Gasteiger partial charge in [0.2, 0.25) is 0 Å². The lowest BCUT2D eigenvalue weighted by Gasteiger charge is -1.89. The van der Waals surface area contributed by atoms with Crippen LogP contribution in [0.15, 0.2) is 126 Å². The number of aromatic amines is 1. The van der Waals surface area contributed by atoms with Gasteiger partial charge >= 0.3 is 0 Å². The van der Waals surface area contributed by atoms with E-state index < -0.39 is 0 Å². The molecule has 9 heterocycles. The quantitative estimate of drug-likeness (QED) is 0.159. The third kappa shape index (κ3) is 180. The van der Waals surface area contributed by atoms with E-state index in [4.69, 9.17) is 0 Å². The zero-order chi connectivity index (χ0) is 62.9. The van der Waals surface area contributed by atoms with E-state index in [2.05, 4.69) is 294 Å². The van der Waals surface area contributed by atoms with Crippen molar-refractivity contribution in [1.82, 2.24) is 101 Å². The minimum atomic E-state index is 0.282. The molecule has 0 aromatic carbocycles. The second kappa shape index (κ2) is 80.9. The van der Waals surface area contributed by atoms with Gasteiger partial charge in [0, 0.05) is 35.1 Å². The molecule has 0 aliphatic carbocycles. The summed E-state index contributed by atoms with van der Waals surface area (Å²) in [5, 5.41) is 51.8. The molecule has 460 valence electrons. The van der Waals surface area contributed by atoms with Crippen molar-refractivity contribution in [2.24, 2.45) is 47.3 Å². The second-order valence-electron chi connectivity index (χ2n) is 20.5. The van der Waals surface area contributed by atoms with Crippen LogP contribution in [-0.2, 0) is 0 Å². The molecule has 0 aliphatic heterocycles. The largest absolute Gasteiger partial charge is 0.452 e. The van der Waals surface area contributed by atoms with Crippen LogP contribution in [-0.4, -0.2) is 101 Å². The molecule has 0 fully saturated rings. The Morgan fingerprint density at radius 1 is 0.438 bits per heavy atom. The summed E-state index contributed by atoms with van der Waals surface area (Å²) in [6.07, 6.45) is 19.5. The number of hydrogen-bond acceptors (Lipinski definition) is 27. The van der Waals surface area contributed by atoms with Crippen molar-refractivity contribution in [1.29, 1.82) is 0 Å². The zero-order valence-electron chi connectivity index (χ0n) is 53.2. The van der Waals surface area contributed by atoms with Crippen LogP contribution < -0.4 is 0 Å². The Morgan fingerprint density at radius 3 is 1.11 bits per heavy atom. The standard InChI is InChI=1S/C4H7N3O.8C4H10.C3H4N2.2C3H3NO.2C2H2N2O.CHN3O.2CHN3S/c1-3(2)4-5-6-7-8-4;8*1-4(2)3;1-2-4-5-3-1;1-2-5-3-4-1;1-2-4-5-3-1;1-2-5-4-3-1;2*1-2-4-5-3-1;1-2-3-4-5-1;1-2-4-5-3-1/h3H,1-2H3;8*4H,1-3H3;1-3H,(H,4,5);2*1-3H;2*1-2H;3*1H. The molecule has 0 atom stereocenters. The Kier molecular flexibility index (Phi) is 90.6. The molecular weight excluding hydrogens is 1060 g/mol. The SMILES string of the molecule is CC(C)C.CC(C)C.CC(C)C.CC(C)C.CC(C)C.CC(C)C.CC(C)C.CC(C)C.CC(C)c1nnno1.c1cn[nH]c1.c1cnoc1.c1cnon1.c1cocn1.c1conn1.c1nnns1.c1nnon1.c1nnsn1. The zero-order valence-corrected chi connectivity index (χ0v) is 54.8. The van der Waals surface area contributed by atoms with E-state index in [1.165, 1.54) is 68.0 Å². The smallest absolute Gasteiger partial charge is 0.250 e. The third-order valence-corrected chi connectivity index (χ3v) is 3.87. The summed E-state index contributed by atoms with van der Waals surface area (Å²) in [6, 6.07) is 3.56. The molecule has 0 radical (unpaired) electrons. The molecule has 0 saturated carbocycles. The van der Waals surface area contributed by atoms with Crippen molar-refractivity contribution in [2.45, 2.75) is 186 Å². The molecule has 28 heteroatoms. The second-order valence-corrected chi connectivity index (χ2v) is 21.6. The first-order chi connectivity index (χ1) is 37.7. The maximum Gasteiger partial charge on any atom is 0.250 e. The highest BCUT2D eigenvalue weighted by Gasteiger charge is 2.03. The Labute approximate surface area is 487 Å². The number of hydrogen-bond donors (Lipinski definition) is 1. The predicted molar refractivity (Wildman–Crippen MR) is 318 cm³/mol. The first-order valence-corrected chi connectivity index (χ1v) is 27.6. The summed E-state index contributed by atoms with van der Waals surface area (Å²) in [5.41, 5.74) is 1.57. The normalized spacial score (nSPS) is 8.64. The number of nitrogens with zero attached hydrogens (tertiary/aromatic N) is 19. The van der Waals surface area contributed by atoms with Crippen LogP contribution in [0, 0.1) is 47.3 Å². The Bertz CT molecular complexity index is 1460. The minimum Gasteiger partial charge on any atom is -0.452 e. The van der Waals surface area contributed by atoms with Crippen LogP contribution in [0.4, 0.5) is 0 Å². The maximum absolute atomic E-state index is 4.62. The van der Waals surface area contributed by atoms with Crippen molar-refractivity contribution in [2.75, 3.05) is 0 Å². The first-order valence-electron chi connectivity index (χ1n) is 26.1. The molecule has 9 aromatic rings. The summed E-state index contributed by atoms with van der Waals surface area (Å²) in [5.74, 6) is 7.54. The van der Waals surface area contributed by atoms with E-state index in [1.54, 1.807) is 36.4 Å². The third-order valence-electron chi connectivity index (χ3n) is 3.16. The Hall–Kier alpha value is -6.97. The monoisotopic (exact) mass is 1170 g/mol. The van der Waals surface area contributed by atoms with Crippen molar-refractivity contribution in [3.8, 4) is 0 Å². The molecule has 0 amide bonds. The topological polar surface area (TPSA) is 340 Å². The van der Waals surface area contributed by atoms with E-state index in [0.717, 1.165) is 59.1 Å². The predicted octanol–water partition coefficient (Wildman–Crippen LogP) is 15.1. The van der Waals surface area contributed by atoms with Crippen LogP contribution in [0.5, 0.6) is 0 Å². The minimum absolute atomic E-state index is 0.282. The molecule has 0 bridgehead atoms.